The maximum Gasteiger partial charge on any atom is 0.0762 e. The first-order valence-electron chi connectivity index (χ1n) is 7.11. The fourth-order valence-corrected chi connectivity index (χ4v) is 1.62. The molecule has 3 nitrogen and oxygen atoms in total. The summed E-state index contributed by atoms with van der Waals surface area (Å²) in [5.41, 5.74) is 1.47. The van der Waals surface area contributed by atoms with Crippen molar-refractivity contribution in [3.8, 4) is 0 Å². The molecule has 0 saturated carbocycles. The van der Waals surface area contributed by atoms with Crippen LogP contribution in [0.2, 0.25) is 0 Å². The maximum absolute atomic E-state index is 4.60. The van der Waals surface area contributed by atoms with E-state index in [1.165, 1.54) is 0 Å². The predicted octanol–water partition coefficient (Wildman–Crippen LogP) is 3.63. The maximum atomic E-state index is 4.60. The van der Waals surface area contributed by atoms with E-state index in [0.717, 1.165) is 25.2 Å². The summed E-state index contributed by atoms with van der Waals surface area (Å²) < 4.78 is 2.06. The second kappa shape index (κ2) is 6.37. The minimum atomic E-state index is 0.333. The highest BCUT2D eigenvalue weighted by atomic mass is 15.3. The smallest absolute Gasteiger partial charge is 0.0762 e. The Morgan fingerprint density at radius 3 is 2.56 bits per heavy atom. The molecule has 1 heterocycles. The quantitative estimate of drug-likeness (QED) is 0.802. The Kier molecular flexibility index (Phi) is 5.39. The third kappa shape index (κ3) is 4.13. The molecule has 1 unspecified atom stereocenters. The fourth-order valence-electron chi connectivity index (χ4n) is 1.62. The van der Waals surface area contributed by atoms with Crippen LogP contribution in [0.25, 0.3) is 0 Å². The average Bonchev–Trinajstić information content (AvgIpc) is 2.76. The molecule has 0 radical (unpaired) electrons. The summed E-state index contributed by atoms with van der Waals surface area (Å²) in [6.45, 7) is 15.4. The number of hydrogen-bond donors (Lipinski definition) is 1. The van der Waals surface area contributed by atoms with Gasteiger partial charge in [0.25, 0.3) is 0 Å². The summed E-state index contributed by atoms with van der Waals surface area (Å²) in [6.07, 6.45) is 3.20. The highest BCUT2D eigenvalue weighted by Crippen LogP contribution is 2.24. The molecule has 0 aliphatic heterocycles. The van der Waals surface area contributed by atoms with Crippen LogP contribution in [0.4, 0.5) is 0 Å². The number of hydrogen-bond acceptors (Lipinski definition) is 2. The van der Waals surface area contributed by atoms with Crippen LogP contribution in [-0.2, 0) is 6.54 Å². The lowest BCUT2D eigenvalue weighted by Gasteiger charge is -2.29. The highest BCUT2D eigenvalue weighted by molar-refractivity contribution is 4.99. The Balaban J connectivity index is 2.43. The monoisotopic (exact) mass is 251 g/mol. The molecule has 0 aromatic carbocycles. The van der Waals surface area contributed by atoms with Gasteiger partial charge in [-0.05, 0) is 30.7 Å². The van der Waals surface area contributed by atoms with Crippen LogP contribution in [0.5, 0.6) is 0 Å². The van der Waals surface area contributed by atoms with Gasteiger partial charge in [0.2, 0.25) is 0 Å². The van der Waals surface area contributed by atoms with E-state index in [1.807, 2.05) is 0 Å². The normalized spacial score (nSPS) is 14.2. The van der Waals surface area contributed by atoms with Gasteiger partial charge in [-0.3, -0.25) is 4.68 Å². The van der Waals surface area contributed by atoms with Crippen LogP contribution < -0.4 is 5.32 Å². The molecule has 1 aromatic heterocycles. The Morgan fingerprint density at radius 1 is 1.33 bits per heavy atom. The highest BCUT2D eigenvalue weighted by Gasteiger charge is 2.21. The molecule has 0 aliphatic rings. The van der Waals surface area contributed by atoms with E-state index in [9.17, 15) is 0 Å². The summed E-state index contributed by atoms with van der Waals surface area (Å²) in [4.78, 5) is 0. The molecule has 1 N–H and O–H groups in total. The van der Waals surface area contributed by atoms with Crippen LogP contribution in [0.15, 0.2) is 12.3 Å². The standard InChI is InChI=1S/C15H29N3/c1-7-13(4)18-9-8-14(17-18)10-16-11-15(5,6)12(2)3/h8-9,12-13,16H,7,10-11H2,1-6H3. The SMILES string of the molecule is CCC(C)n1ccc(CNCC(C)(C)C(C)C)n1. The van der Waals surface area contributed by atoms with E-state index in [1.54, 1.807) is 0 Å². The number of rotatable bonds is 7. The Hall–Kier alpha value is -0.830. The summed E-state index contributed by atoms with van der Waals surface area (Å²) in [6, 6.07) is 2.60. The van der Waals surface area contributed by atoms with Crippen molar-refractivity contribution in [3.63, 3.8) is 0 Å². The fraction of sp³-hybridized carbons (Fsp3) is 0.800. The zero-order valence-electron chi connectivity index (χ0n) is 12.8. The molecule has 1 rings (SSSR count). The molecule has 3 heteroatoms. The lowest BCUT2D eigenvalue weighted by Crippen LogP contribution is -2.33. The van der Waals surface area contributed by atoms with Gasteiger partial charge in [-0.1, -0.05) is 34.6 Å². The van der Waals surface area contributed by atoms with Crippen molar-refractivity contribution in [2.24, 2.45) is 11.3 Å². The first kappa shape index (κ1) is 15.2. The van der Waals surface area contributed by atoms with Crippen LogP contribution >= 0.6 is 0 Å². The van der Waals surface area contributed by atoms with Crippen molar-refractivity contribution in [3.05, 3.63) is 18.0 Å². The lowest BCUT2D eigenvalue weighted by atomic mass is 9.81. The van der Waals surface area contributed by atoms with Crippen LogP contribution in [-0.4, -0.2) is 16.3 Å². The van der Waals surface area contributed by atoms with E-state index >= 15 is 0 Å². The Labute approximate surface area is 112 Å². The van der Waals surface area contributed by atoms with E-state index in [2.05, 4.69) is 68.9 Å². The second-order valence-electron chi connectivity index (χ2n) is 6.29. The average molecular weight is 251 g/mol. The van der Waals surface area contributed by atoms with Gasteiger partial charge in [0, 0.05) is 25.3 Å². The van der Waals surface area contributed by atoms with Crippen molar-refractivity contribution < 1.29 is 0 Å². The molecule has 0 saturated heterocycles. The molecule has 18 heavy (non-hydrogen) atoms. The van der Waals surface area contributed by atoms with Crippen LogP contribution in [0, 0.1) is 11.3 Å². The molecule has 0 fully saturated rings. The van der Waals surface area contributed by atoms with Crippen molar-refractivity contribution in [2.75, 3.05) is 6.54 Å². The number of nitrogens with one attached hydrogen (secondary N) is 1. The van der Waals surface area contributed by atoms with Crippen molar-refractivity contribution in [1.82, 2.24) is 15.1 Å². The molecule has 0 bridgehead atoms. The van der Waals surface area contributed by atoms with Gasteiger partial charge in [-0.25, -0.2) is 0 Å². The van der Waals surface area contributed by atoms with Crippen molar-refractivity contribution in [2.45, 2.75) is 60.5 Å². The minimum absolute atomic E-state index is 0.333. The van der Waals surface area contributed by atoms with Gasteiger partial charge < -0.3 is 5.32 Å². The summed E-state index contributed by atoms with van der Waals surface area (Å²) in [7, 11) is 0. The van der Waals surface area contributed by atoms with Gasteiger partial charge in [0.15, 0.2) is 0 Å². The third-order valence-electron chi connectivity index (χ3n) is 4.16. The van der Waals surface area contributed by atoms with E-state index in [-0.39, 0.29) is 0 Å². The Bertz CT molecular complexity index is 352. The van der Waals surface area contributed by atoms with Gasteiger partial charge in [-0.2, -0.15) is 5.10 Å². The van der Waals surface area contributed by atoms with Crippen molar-refractivity contribution >= 4 is 0 Å². The minimum Gasteiger partial charge on any atom is -0.311 e. The third-order valence-corrected chi connectivity index (χ3v) is 4.16. The zero-order chi connectivity index (χ0) is 13.8. The summed E-state index contributed by atoms with van der Waals surface area (Å²) in [5.74, 6) is 0.683. The van der Waals surface area contributed by atoms with Gasteiger partial charge >= 0.3 is 0 Å². The van der Waals surface area contributed by atoms with Gasteiger partial charge in [-0.15, -0.1) is 0 Å². The van der Waals surface area contributed by atoms with E-state index in [4.69, 9.17) is 0 Å². The topological polar surface area (TPSA) is 29.9 Å². The molecular formula is C15H29N3. The zero-order valence-corrected chi connectivity index (χ0v) is 12.8. The molecule has 1 atom stereocenters. The summed E-state index contributed by atoms with van der Waals surface area (Å²) in [5, 5.41) is 8.12. The lowest BCUT2D eigenvalue weighted by molar-refractivity contribution is 0.237. The van der Waals surface area contributed by atoms with E-state index in [0.29, 0.717) is 17.4 Å². The van der Waals surface area contributed by atoms with Crippen LogP contribution in [0.1, 0.15) is 59.7 Å². The summed E-state index contributed by atoms with van der Waals surface area (Å²) >= 11 is 0. The first-order valence-corrected chi connectivity index (χ1v) is 7.11. The second-order valence-corrected chi connectivity index (χ2v) is 6.29. The van der Waals surface area contributed by atoms with Gasteiger partial charge in [0.1, 0.15) is 0 Å². The Morgan fingerprint density at radius 2 is 2.00 bits per heavy atom. The molecule has 104 valence electrons. The molecule has 0 aliphatic carbocycles. The number of nitrogens with zero attached hydrogens (tertiary/aromatic N) is 2. The van der Waals surface area contributed by atoms with Gasteiger partial charge in [0.05, 0.1) is 5.69 Å². The van der Waals surface area contributed by atoms with Crippen molar-refractivity contribution in [1.29, 1.82) is 0 Å². The van der Waals surface area contributed by atoms with Crippen LogP contribution in [0.3, 0.4) is 0 Å². The molecule has 0 spiro atoms. The largest absolute Gasteiger partial charge is 0.311 e. The first-order chi connectivity index (χ1) is 8.36. The van der Waals surface area contributed by atoms with E-state index < -0.39 is 0 Å². The number of aromatic nitrogens is 2. The molecule has 0 amide bonds. The predicted molar refractivity (Wildman–Crippen MR) is 77.6 cm³/mol. The molecule has 1 aromatic rings. The molecular weight excluding hydrogens is 222 g/mol.